The van der Waals surface area contributed by atoms with Crippen LogP contribution in [0.5, 0.6) is 0 Å². The van der Waals surface area contributed by atoms with Crippen molar-refractivity contribution in [3.05, 3.63) is 41.4 Å². The number of piperazine rings is 1. The number of nitrogens with zero attached hydrogens (tertiary/aromatic N) is 6. The number of anilines is 1. The van der Waals surface area contributed by atoms with Gasteiger partial charge < -0.3 is 9.47 Å². The molecule has 158 valence electrons. The molecule has 1 aliphatic carbocycles. The van der Waals surface area contributed by atoms with E-state index in [1.807, 2.05) is 6.33 Å². The van der Waals surface area contributed by atoms with E-state index in [0.29, 0.717) is 37.1 Å². The molecule has 3 aromatic rings. The predicted molar refractivity (Wildman–Crippen MR) is 118 cm³/mol. The Morgan fingerprint density at radius 2 is 1.63 bits per heavy atom. The maximum atomic E-state index is 13.0. The van der Waals surface area contributed by atoms with Crippen LogP contribution in [0, 0.1) is 0 Å². The molecule has 0 atom stereocenters. The zero-order valence-electron chi connectivity index (χ0n) is 16.5. The summed E-state index contributed by atoms with van der Waals surface area (Å²) >= 11 is 3.35. The Hall–Kier alpha value is -2.04. The molecule has 10 heteroatoms. The lowest BCUT2D eigenvalue weighted by Crippen LogP contribution is -2.49. The lowest BCUT2D eigenvalue weighted by molar-refractivity contribution is 0.384. The van der Waals surface area contributed by atoms with Gasteiger partial charge in [-0.15, -0.1) is 0 Å². The second kappa shape index (κ2) is 7.90. The van der Waals surface area contributed by atoms with E-state index in [-0.39, 0.29) is 0 Å². The van der Waals surface area contributed by atoms with Crippen molar-refractivity contribution in [2.45, 2.75) is 36.6 Å². The largest absolute Gasteiger partial charge is 0.352 e. The van der Waals surface area contributed by atoms with Crippen molar-refractivity contribution in [2.24, 2.45) is 0 Å². The lowest BCUT2D eigenvalue weighted by Gasteiger charge is -2.34. The maximum Gasteiger partial charge on any atom is 0.243 e. The highest BCUT2D eigenvalue weighted by atomic mass is 79.9. The summed E-state index contributed by atoms with van der Waals surface area (Å²) in [6.07, 6.45) is 8.30. The highest BCUT2D eigenvalue weighted by Gasteiger charge is 2.30. The summed E-state index contributed by atoms with van der Waals surface area (Å²) < 4.78 is 30.5. The molecule has 3 heterocycles. The normalized spacial score (nSPS) is 19.0. The molecule has 2 fully saturated rings. The van der Waals surface area contributed by atoms with Gasteiger partial charge in [0.1, 0.15) is 6.33 Å². The Morgan fingerprint density at radius 1 is 0.933 bits per heavy atom. The van der Waals surface area contributed by atoms with Crippen molar-refractivity contribution in [3.8, 4) is 0 Å². The van der Waals surface area contributed by atoms with Crippen LogP contribution >= 0.6 is 15.9 Å². The van der Waals surface area contributed by atoms with Gasteiger partial charge in [0.25, 0.3) is 0 Å². The molecule has 5 rings (SSSR count). The summed E-state index contributed by atoms with van der Waals surface area (Å²) in [6.45, 7) is 1.96. The highest BCUT2D eigenvalue weighted by Crippen LogP contribution is 2.33. The fourth-order valence-corrected chi connectivity index (χ4v) is 6.10. The third-order valence-corrected chi connectivity index (χ3v) is 8.49. The summed E-state index contributed by atoms with van der Waals surface area (Å²) in [5, 5.41) is 0. The fourth-order valence-electron chi connectivity index (χ4n) is 4.42. The lowest BCUT2D eigenvalue weighted by atomic mass is 10.2. The van der Waals surface area contributed by atoms with Crippen LogP contribution < -0.4 is 4.90 Å². The minimum Gasteiger partial charge on any atom is -0.352 e. The third kappa shape index (κ3) is 3.50. The number of fused-ring (bicyclic) bond motifs is 1. The molecule has 1 saturated carbocycles. The zero-order chi connectivity index (χ0) is 20.7. The van der Waals surface area contributed by atoms with Gasteiger partial charge in [-0.2, -0.15) is 4.31 Å². The molecule has 0 unspecified atom stereocenters. The zero-order valence-corrected chi connectivity index (χ0v) is 18.9. The number of hydrogen-bond donors (Lipinski definition) is 0. The summed E-state index contributed by atoms with van der Waals surface area (Å²) in [5.41, 5.74) is 1.67. The van der Waals surface area contributed by atoms with Gasteiger partial charge >= 0.3 is 0 Å². The molecule has 0 spiro atoms. The molecule has 0 bridgehead atoms. The number of benzene rings is 1. The van der Waals surface area contributed by atoms with Crippen molar-refractivity contribution in [1.82, 2.24) is 23.8 Å². The number of rotatable bonds is 4. The first-order valence-electron chi connectivity index (χ1n) is 10.2. The molecule has 1 saturated heterocycles. The standard InChI is InChI=1S/C20H23BrN6O2S/c21-15-5-7-17(8-6-15)30(28,29)26-11-9-25(10-12-26)19-18-20(23-13-22-19)27(14-24-18)16-3-1-2-4-16/h5-8,13-14,16H,1-4,9-12H2. The number of sulfonamides is 1. The van der Waals surface area contributed by atoms with E-state index in [9.17, 15) is 8.42 Å². The number of halogens is 1. The second-order valence-corrected chi connectivity index (χ2v) is 10.7. The van der Waals surface area contributed by atoms with Gasteiger partial charge in [0.05, 0.1) is 11.2 Å². The first kappa shape index (κ1) is 19.9. The minimum atomic E-state index is -3.50. The average Bonchev–Trinajstić information content (AvgIpc) is 3.43. The summed E-state index contributed by atoms with van der Waals surface area (Å²) in [7, 11) is -3.50. The third-order valence-electron chi connectivity index (χ3n) is 6.05. The van der Waals surface area contributed by atoms with Crippen LogP contribution in [0.1, 0.15) is 31.7 Å². The summed E-state index contributed by atoms with van der Waals surface area (Å²) in [4.78, 5) is 16.0. The van der Waals surface area contributed by atoms with Gasteiger partial charge in [0.2, 0.25) is 10.0 Å². The molecular weight excluding hydrogens is 468 g/mol. The van der Waals surface area contributed by atoms with E-state index in [4.69, 9.17) is 0 Å². The van der Waals surface area contributed by atoms with E-state index < -0.39 is 10.0 Å². The number of imidazole rings is 1. The fraction of sp³-hybridized carbons (Fsp3) is 0.450. The summed E-state index contributed by atoms with van der Waals surface area (Å²) in [5.74, 6) is 0.789. The second-order valence-electron chi connectivity index (χ2n) is 7.80. The van der Waals surface area contributed by atoms with Crippen LogP contribution in [0.3, 0.4) is 0 Å². The summed E-state index contributed by atoms with van der Waals surface area (Å²) in [6, 6.07) is 7.24. The first-order valence-corrected chi connectivity index (χ1v) is 12.5. The van der Waals surface area contributed by atoms with Crippen molar-refractivity contribution in [2.75, 3.05) is 31.1 Å². The molecule has 0 radical (unpaired) electrons. The van der Waals surface area contributed by atoms with Crippen LogP contribution in [0.4, 0.5) is 5.82 Å². The van der Waals surface area contributed by atoms with E-state index in [1.165, 1.54) is 12.8 Å². The van der Waals surface area contributed by atoms with Crippen LogP contribution in [0.25, 0.3) is 11.2 Å². The first-order chi connectivity index (χ1) is 14.5. The van der Waals surface area contributed by atoms with Crippen molar-refractivity contribution < 1.29 is 8.42 Å². The van der Waals surface area contributed by atoms with Gasteiger partial charge in [0.15, 0.2) is 17.0 Å². The van der Waals surface area contributed by atoms with E-state index >= 15 is 0 Å². The highest BCUT2D eigenvalue weighted by molar-refractivity contribution is 9.10. The van der Waals surface area contributed by atoms with E-state index in [0.717, 1.165) is 34.3 Å². The van der Waals surface area contributed by atoms with E-state index in [2.05, 4.69) is 40.3 Å². The average molecular weight is 491 g/mol. The number of aromatic nitrogens is 4. The molecule has 0 amide bonds. The SMILES string of the molecule is O=S(=O)(c1ccc(Br)cc1)N1CCN(c2ncnc3c2ncn3C2CCCC2)CC1. The molecule has 2 aromatic heterocycles. The van der Waals surface area contributed by atoms with Crippen molar-refractivity contribution in [3.63, 3.8) is 0 Å². The van der Waals surface area contributed by atoms with Crippen LogP contribution in [0.2, 0.25) is 0 Å². The monoisotopic (exact) mass is 490 g/mol. The van der Waals surface area contributed by atoms with Gasteiger partial charge in [0, 0.05) is 36.7 Å². The molecule has 0 N–H and O–H groups in total. The van der Waals surface area contributed by atoms with Gasteiger partial charge in [-0.3, -0.25) is 0 Å². The van der Waals surface area contributed by atoms with Gasteiger partial charge in [-0.25, -0.2) is 23.4 Å². The minimum absolute atomic E-state index is 0.318. The smallest absolute Gasteiger partial charge is 0.243 e. The Bertz CT molecular complexity index is 1150. The molecule has 1 aromatic carbocycles. The Balaban J connectivity index is 1.35. The molecule has 30 heavy (non-hydrogen) atoms. The van der Waals surface area contributed by atoms with Gasteiger partial charge in [-0.05, 0) is 37.1 Å². The molecular formula is C20H23BrN6O2S. The molecule has 1 aliphatic heterocycles. The molecule has 8 nitrogen and oxygen atoms in total. The van der Waals surface area contributed by atoms with Crippen molar-refractivity contribution >= 4 is 42.9 Å². The Kier molecular flexibility index (Phi) is 5.24. The van der Waals surface area contributed by atoms with Crippen LogP contribution in [-0.2, 0) is 10.0 Å². The topological polar surface area (TPSA) is 84.2 Å². The molecule has 2 aliphatic rings. The number of hydrogen-bond acceptors (Lipinski definition) is 6. The van der Waals surface area contributed by atoms with Crippen molar-refractivity contribution in [1.29, 1.82) is 0 Å². The Morgan fingerprint density at radius 3 is 2.33 bits per heavy atom. The maximum absolute atomic E-state index is 13.0. The Labute approximate surface area is 184 Å². The van der Waals surface area contributed by atoms with Crippen LogP contribution in [0.15, 0.2) is 46.3 Å². The quantitative estimate of drug-likeness (QED) is 0.558. The van der Waals surface area contributed by atoms with Crippen LogP contribution in [-0.4, -0.2) is 58.4 Å². The van der Waals surface area contributed by atoms with E-state index in [1.54, 1.807) is 34.9 Å². The predicted octanol–water partition coefficient (Wildman–Crippen LogP) is 3.21. The van der Waals surface area contributed by atoms with Gasteiger partial charge in [-0.1, -0.05) is 28.8 Å².